The Kier molecular flexibility index (Phi) is 7.91. The second-order valence-corrected chi connectivity index (χ2v) is 7.29. The molecule has 0 aliphatic heterocycles. The molecule has 0 radical (unpaired) electrons. The van der Waals surface area contributed by atoms with E-state index in [0.29, 0.717) is 29.8 Å². The van der Waals surface area contributed by atoms with E-state index in [2.05, 4.69) is 28.8 Å². The van der Waals surface area contributed by atoms with Crippen LogP contribution in [-0.4, -0.2) is 41.8 Å². The quantitative estimate of drug-likeness (QED) is 0.393. The maximum absolute atomic E-state index is 6.11. The Morgan fingerprint density at radius 2 is 1.50 bits per heavy atom. The van der Waals surface area contributed by atoms with Crippen molar-refractivity contribution in [2.45, 2.75) is 26.7 Å². The summed E-state index contributed by atoms with van der Waals surface area (Å²) in [6.07, 6.45) is 3.65. The summed E-state index contributed by atoms with van der Waals surface area (Å²) in [5.74, 6) is 2.34. The van der Waals surface area contributed by atoms with Crippen LogP contribution in [0.25, 0.3) is 22.6 Å². The van der Waals surface area contributed by atoms with Crippen LogP contribution in [0.2, 0.25) is 0 Å². The zero-order valence-corrected chi connectivity index (χ0v) is 18.9. The van der Waals surface area contributed by atoms with Gasteiger partial charge in [-0.05, 0) is 31.0 Å². The van der Waals surface area contributed by atoms with Gasteiger partial charge in [0.05, 0.1) is 12.8 Å². The third-order valence-electron chi connectivity index (χ3n) is 4.88. The third-order valence-corrected chi connectivity index (χ3v) is 4.88. The van der Waals surface area contributed by atoms with Gasteiger partial charge in [-0.25, -0.2) is 9.97 Å². The molecule has 7 nitrogen and oxygen atoms in total. The highest BCUT2D eigenvalue weighted by molar-refractivity contribution is 5.99. The van der Waals surface area contributed by atoms with Crippen LogP contribution in [0, 0.1) is 0 Å². The molecule has 1 heterocycles. The first kappa shape index (κ1) is 22.9. The molecule has 4 N–H and O–H groups in total. The van der Waals surface area contributed by atoms with E-state index in [0.717, 1.165) is 47.3 Å². The standard InChI is InChI=1S/C25H30N6O/c1-4-13-28-23(26)17-6-8-18(9-7-17)25-30-15-12-21(31-25)20-11-10-19(16-22(20)32-3)24(27)29-14-5-2/h6-12,15-16H,4-5,13-14H2,1-3H3,(H2,26,28)(H2,27,29). The molecule has 0 spiro atoms. The Hall–Kier alpha value is -3.74. The summed E-state index contributed by atoms with van der Waals surface area (Å²) < 4.78 is 5.62. The van der Waals surface area contributed by atoms with Gasteiger partial charge in [0.15, 0.2) is 5.82 Å². The average molecular weight is 431 g/mol. The lowest BCUT2D eigenvalue weighted by molar-refractivity contribution is 0.416. The van der Waals surface area contributed by atoms with Crippen molar-refractivity contribution in [1.82, 2.24) is 9.97 Å². The Morgan fingerprint density at radius 3 is 2.12 bits per heavy atom. The van der Waals surface area contributed by atoms with Gasteiger partial charge in [0, 0.05) is 41.5 Å². The number of hydrogen-bond acceptors (Lipinski definition) is 5. The first-order valence-corrected chi connectivity index (χ1v) is 10.8. The molecule has 166 valence electrons. The molecule has 3 rings (SSSR count). The van der Waals surface area contributed by atoms with E-state index in [1.165, 1.54) is 0 Å². The predicted octanol–water partition coefficient (Wildman–Crippen LogP) is 4.05. The summed E-state index contributed by atoms with van der Waals surface area (Å²) in [6, 6.07) is 15.4. The topological polar surface area (TPSA) is 112 Å². The Bertz CT molecular complexity index is 1110. The smallest absolute Gasteiger partial charge is 0.159 e. The molecule has 0 atom stereocenters. The molecule has 0 bridgehead atoms. The molecule has 0 saturated heterocycles. The third kappa shape index (κ3) is 5.49. The van der Waals surface area contributed by atoms with E-state index in [1.54, 1.807) is 13.3 Å². The second kappa shape index (κ2) is 11.0. The van der Waals surface area contributed by atoms with Crippen molar-refractivity contribution in [3.8, 4) is 28.4 Å². The van der Waals surface area contributed by atoms with Crippen LogP contribution in [0.3, 0.4) is 0 Å². The lowest BCUT2D eigenvalue weighted by Crippen LogP contribution is -2.14. The van der Waals surface area contributed by atoms with Crippen LogP contribution in [0.5, 0.6) is 5.75 Å². The van der Waals surface area contributed by atoms with Crippen molar-refractivity contribution < 1.29 is 4.74 Å². The summed E-state index contributed by atoms with van der Waals surface area (Å²) in [4.78, 5) is 17.9. The average Bonchev–Trinajstić information content (AvgIpc) is 2.85. The number of amidine groups is 2. The van der Waals surface area contributed by atoms with Gasteiger partial charge < -0.3 is 16.2 Å². The maximum Gasteiger partial charge on any atom is 0.159 e. The molecular formula is C25H30N6O. The van der Waals surface area contributed by atoms with E-state index >= 15 is 0 Å². The van der Waals surface area contributed by atoms with Gasteiger partial charge >= 0.3 is 0 Å². The minimum atomic E-state index is 0.502. The first-order valence-electron chi connectivity index (χ1n) is 10.8. The lowest BCUT2D eigenvalue weighted by atomic mass is 10.1. The van der Waals surface area contributed by atoms with Gasteiger partial charge in [-0.1, -0.05) is 44.2 Å². The fraction of sp³-hybridized carbons (Fsp3) is 0.280. The van der Waals surface area contributed by atoms with Gasteiger partial charge in [0.25, 0.3) is 0 Å². The number of nitrogens with two attached hydrogens (primary N) is 2. The fourth-order valence-corrected chi connectivity index (χ4v) is 3.15. The highest BCUT2D eigenvalue weighted by atomic mass is 16.5. The van der Waals surface area contributed by atoms with E-state index < -0.39 is 0 Å². The van der Waals surface area contributed by atoms with Crippen LogP contribution in [-0.2, 0) is 0 Å². The summed E-state index contributed by atoms with van der Waals surface area (Å²) in [6.45, 7) is 5.55. The molecular weight excluding hydrogens is 400 g/mol. The van der Waals surface area contributed by atoms with E-state index in [4.69, 9.17) is 21.2 Å². The number of hydrogen-bond donors (Lipinski definition) is 2. The number of ether oxygens (including phenoxy) is 1. The molecule has 7 heteroatoms. The van der Waals surface area contributed by atoms with E-state index in [-0.39, 0.29) is 0 Å². The molecule has 0 aliphatic carbocycles. The molecule has 0 unspecified atom stereocenters. The van der Waals surface area contributed by atoms with Crippen LogP contribution < -0.4 is 16.2 Å². The lowest BCUT2D eigenvalue weighted by Gasteiger charge is -2.11. The van der Waals surface area contributed by atoms with Crippen molar-refractivity contribution >= 4 is 11.7 Å². The number of nitrogens with zero attached hydrogens (tertiary/aromatic N) is 4. The Morgan fingerprint density at radius 1 is 0.875 bits per heavy atom. The van der Waals surface area contributed by atoms with E-state index in [1.807, 2.05) is 48.5 Å². The van der Waals surface area contributed by atoms with Crippen LogP contribution in [0.15, 0.2) is 64.7 Å². The highest BCUT2D eigenvalue weighted by Crippen LogP contribution is 2.30. The molecule has 2 aromatic carbocycles. The normalized spacial score (nSPS) is 12.1. The Labute approximate surface area is 189 Å². The molecule has 0 fully saturated rings. The van der Waals surface area contributed by atoms with Crippen molar-refractivity contribution in [1.29, 1.82) is 0 Å². The number of aliphatic imine (C=N–C) groups is 2. The summed E-state index contributed by atoms with van der Waals surface area (Å²) in [5.41, 5.74) is 16.4. The number of methoxy groups -OCH3 is 1. The molecule has 32 heavy (non-hydrogen) atoms. The van der Waals surface area contributed by atoms with E-state index in [9.17, 15) is 0 Å². The summed E-state index contributed by atoms with van der Waals surface area (Å²) in [7, 11) is 1.63. The van der Waals surface area contributed by atoms with Crippen molar-refractivity contribution in [3.63, 3.8) is 0 Å². The zero-order valence-electron chi connectivity index (χ0n) is 18.9. The number of benzene rings is 2. The molecule has 0 saturated carbocycles. The molecule has 1 aromatic heterocycles. The van der Waals surface area contributed by atoms with Gasteiger partial charge in [-0.3, -0.25) is 9.98 Å². The summed E-state index contributed by atoms with van der Waals surface area (Å²) in [5, 5.41) is 0. The number of rotatable bonds is 9. The monoisotopic (exact) mass is 430 g/mol. The summed E-state index contributed by atoms with van der Waals surface area (Å²) >= 11 is 0. The van der Waals surface area contributed by atoms with Crippen LogP contribution in [0.4, 0.5) is 0 Å². The minimum absolute atomic E-state index is 0.502. The van der Waals surface area contributed by atoms with Crippen LogP contribution >= 0.6 is 0 Å². The number of aromatic nitrogens is 2. The van der Waals surface area contributed by atoms with Crippen molar-refractivity contribution in [2.75, 3.05) is 20.2 Å². The van der Waals surface area contributed by atoms with Crippen molar-refractivity contribution in [3.05, 3.63) is 65.9 Å². The van der Waals surface area contributed by atoms with Gasteiger partial charge in [-0.15, -0.1) is 0 Å². The second-order valence-electron chi connectivity index (χ2n) is 7.29. The SMILES string of the molecule is CCCN=C(N)c1ccc(-c2nccc(-c3ccc(C(N)=NCCC)cc3OC)n2)cc1. The molecule has 3 aromatic rings. The highest BCUT2D eigenvalue weighted by Gasteiger charge is 2.12. The minimum Gasteiger partial charge on any atom is -0.496 e. The van der Waals surface area contributed by atoms with Gasteiger partial charge in [-0.2, -0.15) is 0 Å². The maximum atomic E-state index is 6.11. The van der Waals surface area contributed by atoms with Crippen LogP contribution in [0.1, 0.15) is 37.8 Å². The molecule has 0 amide bonds. The largest absolute Gasteiger partial charge is 0.496 e. The predicted molar refractivity (Wildman–Crippen MR) is 131 cm³/mol. The zero-order chi connectivity index (χ0) is 22.9. The van der Waals surface area contributed by atoms with Gasteiger partial charge in [0.1, 0.15) is 17.4 Å². The molecule has 0 aliphatic rings. The Balaban J connectivity index is 1.90. The van der Waals surface area contributed by atoms with Crippen molar-refractivity contribution in [2.24, 2.45) is 21.5 Å². The first-order chi connectivity index (χ1) is 15.6. The fourth-order valence-electron chi connectivity index (χ4n) is 3.15. The van der Waals surface area contributed by atoms with Gasteiger partial charge in [0.2, 0.25) is 0 Å².